The van der Waals surface area contributed by atoms with Crippen molar-refractivity contribution in [2.24, 2.45) is 13.0 Å². The Morgan fingerprint density at radius 2 is 1.91 bits per heavy atom. The number of alkyl halides is 2. The van der Waals surface area contributed by atoms with Gasteiger partial charge in [-0.1, -0.05) is 23.2 Å². The van der Waals surface area contributed by atoms with E-state index in [1.165, 1.54) is 0 Å². The largest absolute Gasteiger partial charge is 0.345 e. The Morgan fingerprint density at radius 3 is 2.43 bits per heavy atom. The Labute approximate surface area is 141 Å². The lowest BCUT2D eigenvalue weighted by atomic mass is 9.71. The molecule has 0 radical (unpaired) electrons. The number of hydrogen-bond acceptors (Lipinski definition) is 4. The molecule has 5 nitrogen and oxygen atoms in total. The first-order valence-electron chi connectivity index (χ1n) is 7.04. The van der Waals surface area contributed by atoms with Crippen molar-refractivity contribution in [2.75, 3.05) is 0 Å². The van der Waals surface area contributed by atoms with Crippen LogP contribution in [0.2, 0.25) is 10.3 Å². The Kier molecular flexibility index (Phi) is 4.79. The fraction of sp³-hybridized carbons (Fsp3) is 0.500. The molecule has 2 heterocycles. The molecule has 23 heavy (non-hydrogen) atoms. The van der Waals surface area contributed by atoms with Crippen LogP contribution in [0.4, 0.5) is 8.78 Å². The van der Waals surface area contributed by atoms with E-state index in [4.69, 9.17) is 23.2 Å². The van der Waals surface area contributed by atoms with E-state index in [0.717, 1.165) is 11.4 Å². The molecule has 1 fully saturated rings. The summed E-state index contributed by atoms with van der Waals surface area (Å²) in [6, 6.07) is 3.43. The zero-order valence-electron chi connectivity index (χ0n) is 12.2. The monoisotopic (exact) mass is 362 g/mol. The summed E-state index contributed by atoms with van der Waals surface area (Å²) in [5.41, 5.74) is 0.839. The van der Waals surface area contributed by atoms with Crippen LogP contribution in [0.25, 0.3) is 0 Å². The molecule has 1 atom stereocenters. The number of nitrogens with zero attached hydrogens (tertiary/aromatic N) is 4. The Morgan fingerprint density at radius 1 is 1.26 bits per heavy atom. The molecule has 0 bridgehead atoms. The van der Waals surface area contributed by atoms with E-state index >= 15 is 0 Å². The average Bonchev–Trinajstić information content (AvgIpc) is 2.81. The van der Waals surface area contributed by atoms with Gasteiger partial charge < -0.3 is 9.30 Å². The molecule has 0 spiro atoms. The first-order valence-corrected chi connectivity index (χ1v) is 7.80. The van der Waals surface area contributed by atoms with Gasteiger partial charge in [-0.2, -0.15) is 8.78 Å². The molecular formula is C14H14Cl2F2N4O. The summed E-state index contributed by atoms with van der Waals surface area (Å²) in [5, 5.41) is 8.61. The van der Waals surface area contributed by atoms with Gasteiger partial charge in [0.15, 0.2) is 0 Å². The lowest BCUT2D eigenvalue weighted by molar-refractivity contribution is -0.192. The molecule has 0 saturated heterocycles. The van der Waals surface area contributed by atoms with Crippen LogP contribution < -0.4 is 0 Å². The van der Waals surface area contributed by atoms with Crippen molar-refractivity contribution in [3.63, 3.8) is 0 Å². The number of ether oxygens (including phenoxy) is 1. The van der Waals surface area contributed by atoms with E-state index in [1.54, 1.807) is 23.0 Å². The normalized spacial score (nSPS) is 22.2. The van der Waals surface area contributed by atoms with E-state index in [-0.39, 0.29) is 22.1 Å². The van der Waals surface area contributed by atoms with E-state index < -0.39 is 12.7 Å². The van der Waals surface area contributed by atoms with Crippen LogP contribution in [-0.4, -0.2) is 32.5 Å². The minimum Gasteiger partial charge on any atom is -0.320 e. The van der Waals surface area contributed by atoms with Gasteiger partial charge in [-0.15, -0.1) is 10.2 Å². The highest BCUT2D eigenvalue weighted by atomic mass is 35.5. The van der Waals surface area contributed by atoms with Crippen molar-refractivity contribution < 1.29 is 13.5 Å². The van der Waals surface area contributed by atoms with Gasteiger partial charge in [0.1, 0.15) is 22.5 Å². The average molecular weight is 363 g/mol. The number of rotatable bonds is 5. The van der Waals surface area contributed by atoms with Gasteiger partial charge in [-0.25, -0.2) is 4.98 Å². The molecular weight excluding hydrogens is 349 g/mol. The predicted octanol–water partition coefficient (Wildman–Crippen LogP) is 3.67. The van der Waals surface area contributed by atoms with Crippen molar-refractivity contribution in [1.29, 1.82) is 0 Å². The lowest BCUT2D eigenvalue weighted by Crippen LogP contribution is -2.37. The summed E-state index contributed by atoms with van der Waals surface area (Å²) in [7, 11) is 1.83. The first kappa shape index (κ1) is 16.5. The molecule has 1 saturated carbocycles. The molecule has 0 amide bonds. The number of hydrogen-bond donors (Lipinski definition) is 0. The van der Waals surface area contributed by atoms with Gasteiger partial charge >= 0.3 is 6.61 Å². The standard InChI is InChI=1S/C14H14Cl2F2N4O/c1-22-6-19-21-13(22)12(7-2-9(3-7)23-14(17)18)8-4-10(15)20-11(16)5-8/h4-7,9,12,14H,2-3H2,1H3. The molecule has 3 rings (SSSR count). The third-order valence-electron chi connectivity index (χ3n) is 4.07. The Hall–Kier alpha value is -1.31. The molecule has 1 aliphatic carbocycles. The highest BCUT2D eigenvalue weighted by molar-refractivity contribution is 6.32. The van der Waals surface area contributed by atoms with E-state index in [9.17, 15) is 8.78 Å². The van der Waals surface area contributed by atoms with Gasteiger partial charge in [0.2, 0.25) is 0 Å². The number of pyridine rings is 1. The zero-order valence-corrected chi connectivity index (χ0v) is 13.7. The van der Waals surface area contributed by atoms with E-state index in [2.05, 4.69) is 19.9 Å². The summed E-state index contributed by atoms with van der Waals surface area (Å²) in [4.78, 5) is 3.94. The van der Waals surface area contributed by atoms with Crippen LogP contribution in [0.1, 0.15) is 30.1 Å². The number of halogens is 4. The Bertz CT molecular complexity index is 671. The third-order valence-corrected chi connectivity index (χ3v) is 4.45. The maximum absolute atomic E-state index is 12.3. The highest BCUT2D eigenvalue weighted by Gasteiger charge is 2.40. The molecule has 2 aromatic heterocycles. The predicted molar refractivity (Wildman–Crippen MR) is 80.7 cm³/mol. The number of aryl methyl sites for hydroxylation is 1. The smallest absolute Gasteiger partial charge is 0.320 e. The summed E-state index contributed by atoms with van der Waals surface area (Å²) in [6.07, 6.45) is 2.18. The van der Waals surface area contributed by atoms with Crippen molar-refractivity contribution >= 4 is 23.2 Å². The molecule has 0 N–H and O–H groups in total. The Balaban J connectivity index is 1.88. The van der Waals surface area contributed by atoms with E-state index in [1.807, 2.05) is 7.05 Å². The number of aromatic nitrogens is 4. The van der Waals surface area contributed by atoms with Crippen LogP contribution in [0.5, 0.6) is 0 Å². The quantitative estimate of drug-likeness (QED) is 0.761. The molecule has 1 unspecified atom stereocenters. The van der Waals surface area contributed by atoms with Crippen molar-refractivity contribution in [3.05, 3.63) is 40.2 Å². The molecule has 124 valence electrons. The summed E-state index contributed by atoms with van der Waals surface area (Å²) in [6.45, 7) is -2.75. The van der Waals surface area contributed by atoms with Crippen molar-refractivity contribution in [1.82, 2.24) is 19.7 Å². The van der Waals surface area contributed by atoms with Gasteiger partial charge in [-0.05, 0) is 36.5 Å². The van der Waals surface area contributed by atoms with Gasteiger partial charge in [0.05, 0.1) is 6.10 Å². The topological polar surface area (TPSA) is 52.8 Å². The van der Waals surface area contributed by atoms with Crippen LogP contribution in [0.3, 0.4) is 0 Å². The molecule has 9 heteroatoms. The van der Waals surface area contributed by atoms with Crippen molar-refractivity contribution in [3.8, 4) is 0 Å². The summed E-state index contributed by atoms with van der Waals surface area (Å²) >= 11 is 12.0. The minimum absolute atomic E-state index is 0.0937. The molecule has 0 aliphatic heterocycles. The summed E-state index contributed by atoms with van der Waals surface area (Å²) < 4.78 is 31.0. The maximum Gasteiger partial charge on any atom is 0.345 e. The van der Waals surface area contributed by atoms with E-state index in [0.29, 0.717) is 12.8 Å². The summed E-state index contributed by atoms with van der Waals surface area (Å²) in [5.74, 6) is 0.665. The van der Waals surface area contributed by atoms with Gasteiger partial charge in [-0.3, -0.25) is 0 Å². The minimum atomic E-state index is -2.75. The fourth-order valence-corrected chi connectivity index (χ4v) is 3.48. The van der Waals surface area contributed by atoms with Gasteiger partial charge in [0, 0.05) is 13.0 Å². The third kappa shape index (κ3) is 3.62. The van der Waals surface area contributed by atoms with Crippen LogP contribution in [-0.2, 0) is 11.8 Å². The molecule has 0 aromatic carbocycles. The second kappa shape index (κ2) is 6.67. The molecule has 2 aromatic rings. The van der Waals surface area contributed by atoms with Crippen LogP contribution >= 0.6 is 23.2 Å². The first-order chi connectivity index (χ1) is 10.9. The fourth-order valence-electron chi connectivity index (χ4n) is 3.00. The van der Waals surface area contributed by atoms with Crippen molar-refractivity contribution in [2.45, 2.75) is 31.5 Å². The van der Waals surface area contributed by atoms with Crippen LogP contribution in [0.15, 0.2) is 18.5 Å². The molecule has 1 aliphatic rings. The SMILES string of the molecule is Cn1cnnc1C(c1cc(Cl)nc(Cl)c1)C1CC(OC(F)F)C1. The highest BCUT2D eigenvalue weighted by Crippen LogP contribution is 2.45. The second-order valence-corrected chi connectivity index (χ2v) is 6.35. The maximum atomic E-state index is 12.3. The zero-order chi connectivity index (χ0) is 16.6. The van der Waals surface area contributed by atoms with Crippen LogP contribution in [0, 0.1) is 5.92 Å². The van der Waals surface area contributed by atoms with Gasteiger partial charge in [0.25, 0.3) is 0 Å². The second-order valence-electron chi connectivity index (χ2n) is 5.57. The lowest BCUT2D eigenvalue weighted by Gasteiger charge is -2.39.